The number of para-hydroxylation sites is 1. The number of halogens is 4. The molecule has 1 atom stereocenters. The van der Waals surface area contributed by atoms with Crippen LogP contribution in [0.25, 0.3) is 0 Å². The molecule has 1 unspecified atom stereocenters. The van der Waals surface area contributed by atoms with Crippen LogP contribution in [-0.4, -0.2) is 36.1 Å². The van der Waals surface area contributed by atoms with Crippen molar-refractivity contribution < 1.29 is 37.0 Å². The second kappa shape index (κ2) is 8.20. The zero-order chi connectivity index (χ0) is 16.7. The molecule has 0 saturated carbocycles. The van der Waals surface area contributed by atoms with Gasteiger partial charge in [-0.25, -0.2) is 13.6 Å². The molecule has 0 aliphatic rings. The summed E-state index contributed by atoms with van der Waals surface area (Å²) in [5, 5.41) is 10.7. The number of rotatable bonds is 8. The molecule has 0 bridgehead atoms. The van der Waals surface area contributed by atoms with Crippen molar-refractivity contribution in [1.82, 2.24) is 5.32 Å². The Morgan fingerprint density at radius 3 is 2.36 bits per heavy atom. The minimum Gasteiger partial charge on any atom is -0.480 e. The lowest BCUT2D eigenvalue weighted by Gasteiger charge is -2.15. The first-order valence-electron chi connectivity index (χ1n) is 6.12. The predicted molar refractivity (Wildman–Crippen MR) is 67.0 cm³/mol. The highest BCUT2D eigenvalue weighted by molar-refractivity contribution is 5.85. The van der Waals surface area contributed by atoms with Crippen LogP contribution in [-0.2, 0) is 16.0 Å². The summed E-state index contributed by atoms with van der Waals surface area (Å²) >= 11 is 0. The van der Waals surface area contributed by atoms with Crippen LogP contribution in [0.15, 0.2) is 24.3 Å². The summed E-state index contributed by atoms with van der Waals surface area (Å²) in [7, 11) is 0. The number of carboxylic acids is 1. The van der Waals surface area contributed by atoms with Crippen molar-refractivity contribution in [3.63, 3.8) is 0 Å². The molecule has 0 aromatic heterocycles. The van der Waals surface area contributed by atoms with Gasteiger partial charge in [0.15, 0.2) is 0 Å². The molecule has 1 rings (SSSR count). The van der Waals surface area contributed by atoms with Gasteiger partial charge in [0.25, 0.3) is 0 Å². The van der Waals surface area contributed by atoms with Crippen molar-refractivity contribution in [3.05, 3.63) is 29.8 Å². The fraction of sp³-hybridized carbons (Fsp3) is 0.385. The van der Waals surface area contributed by atoms with E-state index in [4.69, 9.17) is 5.11 Å². The smallest absolute Gasteiger partial charge is 0.387 e. The van der Waals surface area contributed by atoms with E-state index in [1.54, 1.807) is 0 Å². The Balaban J connectivity index is 2.73. The normalized spacial score (nSPS) is 12.3. The average molecular weight is 323 g/mol. The molecule has 1 aromatic carbocycles. The van der Waals surface area contributed by atoms with Crippen LogP contribution < -0.4 is 10.1 Å². The van der Waals surface area contributed by atoms with Gasteiger partial charge in [-0.15, -0.1) is 0 Å². The van der Waals surface area contributed by atoms with Gasteiger partial charge in [-0.05, 0) is 6.07 Å². The third kappa shape index (κ3) is 5.98. The minimum atomic E-state index is -3.09. The van der Waals surface area contributed by atoms with Gasteiger partial charge in [0.1, 0.15) is 11.8 Å². The van der Waals surface area contributed by atoms with Gasteiger partial charge in [-0.1, -0.05) is 18.2 Å². The molecule has 122 valence electrons. The van der Waals surface area contributed by atoms with Crippen molar-refractivity contribution >= 4 is 11.9 Å². The Kier molecular flexibility index (Phi) is 6.61. The van der Waals surface area contributed by atoms with Gasteiger partial charge in [-0.3, -0.25) is 4.79 Å². The third-order valence-corrected chi connectivity index (χ3v) is 2.59. The summed E-state index contributed by atoms with van der Waals surface area (Å²) in [6, 6.07) is 3.67. The van der Waals surface area contributed by atoms with Crippen molar-refractivity contribution in [1.29, 1.82) is 0 Å². The Morgan fingerprint density at radius 2 is 1.82 bits per heavy atom. The predicted octanol–water partition coefficient (Wildman–Crippen LogP) is 2.06. The molecular weight excluding hydrogens is 310 g/mol. The second-order valence-corrected chi connectivity index (χ2v) is 4.25. The van der Waals surface area contributed by atoms with Crippen LogP contribution in [0, 0.1) is 0 Å². The number of hydrogen-bond acceptors (Lipinski definition) is 3. The first-order valence-corrected chi connectivity index (χ1v) is 6.12. The maximum atomic E-state index is 12.2. The van der Waals surface area contributed by atoms with E-state index in [0.29, 0.717) is 0 Å². The van der Waals surface area contributed by atoms with Crippen molar-refractivity contribution in [3.8, 4) is 5.75 Å². The number of carbonyl (C=O) groups is 2. The lowest BCUT2D eigenvalue weighted by Crippen LogP contribution is -2.42. The molecule has 9 heteroatoms. The number of carbonyl (C=O) groups excluding carboxylic acids is 1. The highest BCUT2D eigenvalue weighted by Gasteiger charge is 2.24. The SMILES string of the molecule is O=C(Cc1ccccc1OC(F)F)NC(CC(F)F)C(=O)O. The van der Waals surface area contributed by atoms with Crippen molar-refractivity contribution in [2.45, 2.75) is 31.9 Å². The molecule has 1 amide bonds. The minimum absolute atomic E-state index is 0.0847. The molecular formula is C13H13F4NO4. The Labute approximate surface area is 122 Å². The van der Waals surface area contributed by atoms with Crippen molar-refractivity contribution in [2.75, 3.05) is 0 Å². The van der Waals surface area contributed by atoms with Crippen LogP contribution in [0.1, 0.15) is 12.0 Å². The van der Waals surface area contributed by atoms with E-state index < -0.39 is 43.8 Å². The molecule has 0 radical (unpaired) electrons. The van der Waals surface area contributed by atoms with Crippen molar-refractivity contribution in [2.24, 2.45) is 0 Å². The summed E-state index contributed by atoms with van der Waals surface area (Å²) in [5.74, 6) is -2.74. The first-order chi connectivity index (χ1) is 10.3. The summed E-state index contributed by atoms with van der Waals surface area (Å²) < 4.78 is 53.1. The van der Waals surface area contributed by atoms with E-state index in [0.717, 1.165) is 0 Å². The number of benzene rings is 1. The molecule has 0 aliphatic heterocycles. The van der Waals surface area contributed by atoms with Crippen LogP contribution in [0.2, 0.25) is 0 Å². The first kappa shape index (κ1) is 17.7. The molecule has 0 spiro atoms. The number of nitrogens with one attached hydrogen (secondary N) is 1. The molecule has 0 saturated heterocycles. The number of ether oxygens (including phenoxy) is 1. The second-order valence-electron chi connectivity index (χ2n) is 4.25. The molecule has 1 aromatic rings. The molecule has 2 N–H and O–H groups in total. The number of amides is 1. The van der Waals surface area contributed by atoms with Gasteiger partial charge in [0.05, 0.1) is 6.42 Å². The lowest BCUT2D eigenvalue weighted by molar-refractivity contribution is -0.142. The third-order valence-electron chi connectivity index (χ3n) is 2.59. The van der Waals surface area contributed by atoms with Gasteiger partial charge in [0, 0.05) is 12.0 Å². The van der Waals surface area contributed by atoms with E-state index in [2.05, 4.69) is 4.74 Å². The highest BCUT2D eigenvalue weighted by Crippen LogP contribution is 2.20. The Bertz CT molecular complexity index is 525. The number of hydrogen-bond donors (Lipinski definition) is 2. The van der Waals surface area contributed by atoms with E-state index >= 15 is 0 Å². The van der Waals surface area contributed by atoms with Crippen LogP contribution in [0.3, 0.4) is 0 Å². The standard InChI is InChI=1S/C13H13F4NO4/c14-10(15)6-8(12(20)21)18-11(19)5-7-3-1-2-4-9(7)22-13(16)17/h1-4,8,10,13H,5-6H2,(H,18,19)(H,20,21). The van der Waals surface area contributed by atoms with Crippen LogP contribution in [0.5, 0.6) is 5.75 Å². The molecule has 0 heterocycles. The fourth-order valence-corrected chi connectivity index (χ4v) is 1.68. The largest absolute Gasteiger partial charge is 0.480 e. The number of carboxylic acid groups (broad SMARTS) is 1. The average Bonchev–Trinajstić information content (AvgIpc) is 2.39. The van der Waals surface area contributed by atoms with E-state index in [-0.39, 0.29) is 11.3 Å². The zero-order valence-electron chi connectivity index (χ0n) is 11.1. The summed E-state index contributed by atoms with van der Waals surface area (Å²) in [4.78, 5) is 22.4. The number of aliphatic carboxylic acids is 1. The van der Waals surface area contributed by atoms with Gasteiger partial charge in [0.2, 0.25) is 12.3 Å². The topological polar surface area (TPSA) is 75.6 Å². The molecule has 0 aliphatic carbocycles. The van der Waals surface area contributed by atoms with Gasteiger partial charge >= 0.3 is 12.6 Å². The Morgan fingerprint density at radius 1 is 1.18 bits per heavy atom. The summed E-state index contributed by atoms with van der Waals surface area (Å²) in [6.45, 7) is -3.09. The highest BCUT2D eigenvalue weighted by atomic mass is 19.3. The lowest BCUT2D eigenvalue weighted by atomic mass is 10.1. The van der Waals surface area contributed by atoms with E-state index in [1.165, 1.54) is 24.3 Å². The van der Waals surface area contributed by atoms with E-state index in [1.807, 2.05) is 5.32 Å². The zero-order valence-corrected chi connectivity index (χ0v) is 11.1. The van der Waals surface area contributed by atoms with Gasteiger partial charge < -0.3 is 15.2 Å². The molecule has 22 heavy (non-hydrogen) atoms. The monoisotopic (exact) mass is 323 g/mol. The van der Waals surface area contributed by atoms with Crippen LogP contribution in [0.4, 0.5) is 17.6 Å². The van der Waals surface area contributed by atoms with Crippen LogP contribution >= 0.6 is 0 Å². The maximum absolute atomic E-state index is 12.2. The maximum Gasteiger partial charge on any atom is 0.387 e. The summed E-state index contributed by atoms with van der Waals surface area (Å²) in [5.41, 5.74) is 0.0847. The number of alkyl halides is 4. The molecule has 5 nitrogen and oxygen atoms in total. The quantitative estimate of drug-likeness (QED) is 0.718. The van der Waals surface area contributed by atoms with E-state index in [9.17, 15) is 27.2 Å². The molecule has 0 fully saturated rings. The Hall–Kier alpha value is -2.32. The summed E-state index contributed by atoms with van der Waals surface area (Å²) in [6.07, 6.45) is -4.43. The van der Waals surface area contributed by atoms with Gasteiger partial charge in [-0.2, -0.15) is 8.78 Å². The fourth-order valence-electron chi connectivity index (χ4n) is 1.68.